The summed E-state index contributed by atoms with van der Waals surface area (Å²) in [7, 11) is 0. The fourth-order valence-corrected chi connectivity index (χ4v) is 5.52. The molecule has 0 spiro atoms. The number of benzene rings is 3. The van der Waals surface area contributed by atoms with Crippen LogP contribution in [-0.4, -0.2) is 36.2 Å². The van der Waals surface area contributed by atoms with Crippen LogP contribution in [0.4, 0.5) is 5.69 Å². The van der Waals surface area contributed by atoms with Crippen LogP contribution in [0.25, 0.3) is 0 Å². The van der Waals surface area contributed by atoms with Gasteiger partial charge < -0.3 is 4.74 Å². The lowest BCUT2D eigenvalue weighted by atomic mass is 9.73. The number of anilines is 1. The van der Waals surface area contributed by atoms with Crippen molar-refractivity contribution in [3.8, 4) is 0 Å². The summed E-state index contributed by atoms with van der Waals surface area (Å²) in [5.74, 6) is -2.89. The molecule has 10 heteroatoms. The van der Waals surface area contributed by atoms with E-state index in [1.54, 1.807) is 24.3 Å². The molecule has 2 N–H and O–H groups in total. The zero-order chi connectivity index (χ0) is 28.2. The molecule has 3 aromatic rings. The molecule has 3 aromatic carbocycles. The average Bonchev–Trinajstić information content (AvgIpc) is 3.24. The first kappa shape index (κ1) is 27.3. The van der Waals surface area contributed by atoms with Crippen LogP contribution in [0.2, 0.25) is 0 Å². The Hall–Kier alpha value is -4.31. The van der Waals surface area contributed by atoms with Gasteiger partial charge in [-0.15, -0.1) is 0 Å². The Morgan fingerprint density at radius 3 is 2.15 bits per heavy atom. The summed E-state index contributed by atoms with van der Waals surface area (Å²) in [6.45, 7) is -0.615. The van der Waals surface area contributed by atoms with E-state index in [9.17, 15) is 24.0 Å². The molecule has 5 rings (SSSR count). The van der Waals surface area contributed by atoms with E-state index in [1.165, 1.54) is 34.7 Å². The molecule has 0 unspecified atom stereocenters. The van der Waals surface area contributed by atoms with Gasteiger partial charge in [0.05, 0.1) is 23.1 Å². The van der Waals surface area contributed by atoms with Gasteiger partial charge in [-0.05, 0) is 79.3 Å². The van der Waals surface area contributed by atoms with E-state index in [0.717, 1.165) is 10.9 Å². The molecule has 204 valence electrons. The third kappa shape index (κ3) is 5.81. The minimum atomic E-state index is -0.764. The first-order valence-electron chi connectivity index (χ1n) is 12.9. The lowest BCUT2D eigenvalue weighted by Crippen LogP contribution is -2.43. The minimum absolute atomic E-state index is 0.149. The molecule has 2 fully saturated rings. The summed E-state index contributed by atoms with van der Waals surface area (Å²) in [6, 6.07) is 22.5. The lowest BCUT2D eigenvalue weighted by Gasteiger charge is -2.28. The zero-order valence-electron chi connectivity index (χ0n) is 21.3. The van der Waals surface area contributed by atoms with Crippen molar-refractivity contribution in [3.63, 3.8) is 0 Å². The van der Waals surface area contributed by atoms with Crippen LogP contribution in [0, 0.1) is 11.8 Å². The predicted octanol–water partition coefficient (Wildman–Crippen LogP) is 4.14. The van der Waals surface area contributed by atoms with Gasteiger partial charge in [0.1, 0.15) is 0 Å². The van der Waals surface area contributed by atoms with Gasteiger partial charge in [0.2, 0.25) is 11.8 Å². The third-order valence-electron chi connectivity index (χ3n) is 7.31. The van der Waals surface area contributed by atoms with Gasteiger partial charge in [-0.1, -0.05) is 46.3 Å². The van der Waals surface area contributed by atoms with Crippen molar-refractivity contribution in [2.45, 2.75) is 25.2 Å². The fraction of sp³-hybridized carbons (Fsp3) is 0.233. The van der Waals surface area contributed by atoms with Crippen LogP contribution >= 0.6 is 15.9 Å². The largest absolute Gasteiger partial charge is 0.452 e. The molecule has 2 aliphatic rings. The second-order valence-electron chi connectivity index (χ2n) is 9.78. The monoisotopic (exact) mass is 603 g/mol. The molecule has 0 radical (unpaired) electrons. The quantitative estimate of drug-likeness (QED) is 0.248. The summed E-state index contributed by atoms with van der Waals surface area (Å²) < 4.78 is 5.83. The van der Waals surface area contributed by atoms with Gasteiger partial charge in [-0.2, -0.15) is 0 Å². The maximum Gasteiger partial charge on any atom is 0.338 e. The number of nitrogens with one attached hydrogen (secondary N) is 2. The Morgan fingerprint density at radius 2 is 1.45 bits per heavy atom. The average molecular weight is 604 g/mol. The Morgan fingerprint density at radius 1 is 0.800 bits per heavy atom. The molecule has 1 aliphatic carbocycles. The molecule has 40 heavy (non-hydrogen) atoms. The Labute approximate surface area is 239 Å². The molecular weight excluding hydrogens is 578 g/mol. The van der Waals surface area contributed by atoms with E-state index in [4.69, 9.17) is 4.74 Å². The highest BCUT2D eigenvalue weighted by Gasteiger charge is 2.50. The Bertz CT molecular complexity index is 1440. The molecule has 3 atom stereocenters. The lowest BCUT2D eigenvalue weighted by molar-refractivity contribution is -0.125. The van der Waals surface area contributed by atoms with Crippen molar-refractivity contribution in [3.05, 3.63) is 100 Å². The number of imide groups is 1. The molecule has 0 bridgehead atoms. The first-order chi connectivity index (χ1) is 19.3. The molecule has 0 aromatic heterocycles. The molecule has 9 nitrogen and oxygen atoms in total. The fourth-order valence-electron chi connectivity index (χ4n) is 5.26. The van der Waals surface area contributed by atoms with E-state index in [2.05, 4.69) is 38.9 Å². The Kier molecular flexibility index (Phi) is 8.06. The highest BCUT2D eigenvalue weighted by atomic mass is 79.9. The van der Waals surface area contributed by atoms with Gasteiger partial charge in [0.15, 0.2) is 6.61 Å². The minimum Gasteiger partial charge on any atom is -0.452 e. The SMILES string of the molecule is O=C(COC(=O)c1ccc(N2C(=O)[C@H]3C[C@@H](c4ccccc4)CC[C@H]3C2=O)cc1)NNC(=O)c1ccc(Br)cc1. The second-order valence-corrected chi connectivity index (χ2v) is 10.7. The van der Waals surface area contributed by atoms with Crippen LogP contribution < -0.4 is 15.8 Å². The van der Waals surface area contributed by atoms with Crippen LogP contribution in [0.15, 0.2) is 83.3 Å². The predicted molar refractivity (Wildman–Crippen MR) is 149 cm³/mol. The number of hydrogen-bond donors (Lipinski definition) is 2. The molecule has 1 saturated carbocycles. The maximum absolute atomic E-state index is 13.3. The molecule has 4 amide bonds. The number of nitrogens with zero attached hydrogens (tertiary/aromatic N) is 1. The van der Waals surface area contributed by atoms with Gasteiger partial charge in [0, 0.05) is 10.0 Å². The van der Waals surface area contributed by atoms with Gasteiger partial charge in [-0.3, -0.25) is 34.9 Å². The maximum atomic E-state index is 13.3. The summed E-state index contributed by atoms with van der Waals surface area (Å²) in [5, 5.41) is 0. The summed E-state index contributed by atoms with van der Waals surface area (Å²) in [5.41, 5.74) is 6.50. The number of carbonyl (C=O) groups excluding carboxylic acids is 5. The highest BCUT2D eigenvalue weighted by molar-refractivity contribution is 9.10. The number of hydrogen-bond acceptors (Lipinski definition) is 6. The normalized spacial score (nSPS) is 20.0. The Balaban J connectivity index is 1.14. The van der Waals surface area contributed by atoms with E-state index in [1.807, 2.05) is 18.2 Å². The van der Waals surface area contributed by atoms with Crippen LogP contribution in [0.5, 0.6) is 0 Å². The van der Waals surface area contributed by atoms with Crippen LogP contribution in [0.3, 0.4) is 0 Å². The van der Waals surface area contributed by atoms with Crippen molar-refractivity contribution in [2.24, 2.45) is 11.8 Å². The van der Waals surface area contributed by atoms with Crippen LogP contribution in [-0.2, 0) is 19.1 Å². The number of esters is 1. The van der Waals surface area contributed by atoms with Gasteiger partial charge in [0.25, 0.3) is 11.8 Å². The number of ether oxygens (including phenoxy) is 1. The summed E-state index contributed by atoms with van der Waals surface area (Å²) in [4.78, 5) is 64.2. The number of amides is 4. The number of hydrazine groups is 1. The first-order valence-corrected chi connectivity index (χ1v) is 13.7. The molecular formula is C30H26BrN3O6. The van der Waals surface area contributed by atoms with Gasteiger partial charge in [-0.25, -0.2) is 4.79 Å². The van der Waals surface area contributed by atoms with Crippen LogP contribution in [0.1, 0.15) is 51.5 Å². The number of halogens is 1. The van der Waals surface area contributed by atoms with Crippen molar-refractivity contribution < 1.29 is 28.7 Å². The summed E-state index contributed by atoms with van der Waals surface area (Å²) in [6.07, 6.45) is 2.14. The topological polar surface area (TPSA) is 122 Å². The standard InChI is InChI=1S/C30H26BrN3O6/c31-22-11-6-19(7-12-22)27(36)33-32-26(35)17-40-30(39)20-8-13-23(14-9-20)34-28(37)24-15-10-21(16-25(24)29(34)38)18-4-2-1-3-5-18/h1-9,11-14,21,24-25H,10,15-17H2,(H,32,35)(H,33,36)/t21-,24+,25-/m0/s1. The molecule has 1 aliphatic heterocycles. The van der Waals surface area contributed by atoms with E-state index in [0.29, 0.717) is 24.1 Å². The van der Waals surface area contributed by atoms with Crippen molar-refractivity contribution in [1.82, 2.24) is 10.9 Å². The second kappa shape index (κ2) is 11.8. The number of carbonyl (C=O) groups is 5. The zero-order valence-corrected chi connectivity index (χ0v) is 22.9. The molecule has 1 heterocycles. The van der Waals surface area contributed by atoms with Gasteiger partial charge >= 0.3 is 5.97 Å². The number of rotatable bonds is 6. The number of fused-ring (bicyclic) bond motifs is 1. The van der Waals surface area contributed by atoms with E-state index >= 15 is 0 Å². The third-order valence-corrected chi connectivity index (χ3v) is 7.84. The van der Waals surface area contributed by atoms with E-state index < -0.39 is 24.4 Å². The van der Waals surface area contributed by atoms with Crippen molar-refractivity contribution in [1.29, 1.82) is 0 Å². The summed E-state index contributed by atoms with van der Waals surface area (Å²) >= 11 is 3.28. The van der Waals surface area contributed by atoms with Crippen molar-refractivity contribution in [2.75, 3.05) is 11.5 Å². The molecule has 1 saturated heterocycles. The van der Waals surface area contributed by atoms with Crippen molar-refractivity contribution >= 4 is 51.2 Å². The smallest absolute Gasteiger partial charge is 0.338 e. The highest BCUT2D eigenvalue weighted by Crippen LogP contribution is 2.45. The van der Waals surface area contributed by atoms with E-state index in [-0.39, 0.29) is 35.1 Å².